The Morgan fingerprint density at radius 3 is 2.56 bits per heavy atom. The third-order valence-electron chi connectivity index (χ3n) is 3.88. The number of hydrogen-bond acceptors (Lipinski definition) is 4. The zero-order chi connectivity index (χ0) is 12.6. The Morgan fingerprint density at radius 1 is 1.22 bits per heavy atom. The highest BCUT2D eigenvalue weighted by Gasteiger charge is 2.47. The van der Waals surface area contributed by atoms with Gasteiger partial charge in [-0.2, -0.15) is 0 Å². The topological polar surface area (TPSA) is 44.8 Å². The molecule has 1 aliphatic carbocycles. The third kappa shape index (κ3) is 1.55. The first-order valence-corrected chi connectivity index (χ1v) is 6.25. The number of hydrogen-bond donors (Lipinski definition) is 0. The van der Waals surface area contributed by atoms with Gasteiger partial charge in [0, 0.05) is 0 Å². The van der Waals surface area contributed by atoms with Gasteiger partial charge < -0.3 is 14.2 Å². The van der Waals surface area contributed by atoms with Crippen LogP contribution in [0.15, 0.2) is 18.2 Å². The lowest BCUT2D eigenvalue weighted by Crippen LogP contribution is -2.43. The number of methoxy groups -OCH3 is 1. The second-order valence-electron chi connectivity index (χ2n) is 4.79. The smallest absolute Gasteiger partial charge is 0.316 e. The van der Waals surface area contributed by atoms with Crippen molar-refractivity contribution >= 4 is 5.97 Å². The minimum Gasteiger partial charge on any atom is -0.486 e. The summed E-state index contributed by atoms with van der Waals surface area (Å²) < 4.78 is 16.0. The fourth-order valence-electron chi connectivity index (χ4n) is 2.68. The maximum atomic E-state index is 12.0. The van der Waals surface area contributed by atoms with E-state index in [0.717, 1.165) is 36.3 Å². The lowest BCUT2D eigenvalue weighted by atomic mass is 9.64. The van der Waals surface area contributed by atoms with E-state index < -0.39 is 5.41 Å². The molecule has 0 amide bonds. The Hall–Kier alpha value is -1.71. The lowest BCUT2D eigenvalue weighted by Gasteiger charge is -2.39. The van der Waals surface area contributed by atoms with Crippen LogP contribution in [-0.4, -0.2) is 26.3 Å². The first-order chi connectivity index (χ1) is 8.76. The zero-order valence-corrected chi connectivity index (χ0v) is 10.4. The second-order valence-corrected chi connectivity index (χ2v) is 4.79. The first-order valence-electron chi connectivity index (χ1n) is 6.25. The number of rotatable bonds is 2. The fraction of sp³-hybridized carbons (Fsp3) is 0.500. The largest absolute Gasteiger partial charge is 0.486 e. The Bertz CT molecular complexity index is 477. The van der Waals surface area contributed by atoms with Gasteiger partial charge in [0.2, 0.25) is 0 Å². The predicted octanol–water partition coefficient (Wildman–Crippen LogP) is 2.05. The summed E-state index contributed by atoms with van der Waals surface area (Å²) in [5, 5.41) is 0. The van der Waals surface area contributed by atoms with Gasteiger partial charge in [-0.25, -0.2) is 0 Å². The van der Waals surface area contributed by atoms with Crippen molar-refractivity contribution < 1.29 is 19.0 Å². The van der Waals surface area contributed by atoms with Crippen LogP contribution in [0, 0.1) is 0 Å². The second kappa shape index (κ2) is 4.19. The summed E-state index contributed by atoms with van der Waals surface area (Å²) >= 11 is 0. The number of carbonyl (C=O) groups excluding carboxylic acids is 1. The van der Waals surface area contributed by atoms with Crippen LogP contribution in [0.25, 0.3) is 0 Å². The van der Waals surface area contributed by atoms with Gasteiger partial charge in [-0.05, 0) is 30.5 Å². The molecule has 0 saturated heterocycles. The van der Waals surface area contributed by atoms with E-state index in [0.29, 0.717) is 13.2 Å². The van der Waals surface area contributed by atoms with Crippen LogP contribution in [0.3, 0.4) is 0 Å². The maximum Gasteiger partial charge on any atom is 0.316 e. The van der Waals surface area contributed by atoms with Crippen molar-refractivity contribution in [2.45, 2.75) is 24.7 Å². The number of carbonyl (C=O) groups is 1. The number of fused-ring (bicyclic) bond motifs is 1. The monoisotopic (exact) mass is 248 g/mol. The van der Waals surface area contributed by atoms with Gasteiger partial charge in [0.05, 0.1) is 12.5 Å². The minimum absolute atomic E-state index is 0.148. The molecule has 96 valence electrons. The zero-order valence-electron chi connectivity index (χ0n) is 10.4. The van der Waals surface area contributed by atoms with Gasteiger partial charge in [0.15, 0.2) is 11.5 Å². The van der Waals surface area contributed by atoms with E-state index in [4.69, 9.17) is 14.2 Å². The molecule has 18 heavy (non-hydrogen) atoms. The standard InChI is InChI=1S/C14H16O4/c1-16-13(15)14(5-2-6-14)10-3-4-11-12(9-10)18-8-7-17-11/h3-4,9H,2,5-8H2,1H3. The van der Waals surface area contributed by atoms with Crippen molar-refractivity contribution in [3.05, 3.63) is 23.8 Å². The molecule has 0 N–H and O–H groups in total. The summed E-state index contributed by atoms with van der Waals surface area (Å²) in [6.07, 6.45) is 2.75. The van der Waals surface area contributed by atoms with Crippen molar-refractivity contribution in [2.75, 3.05) is 20.3 Å². The predicted molar refractivity (Wildman–Crippen MR) is 65.0 cm³/mol. The lowest BCUT2D eigenvalue weighted by molar-refractivity contribution is -0.151. The molecule has 2 aliphatic rings. The minimum atomic E-state index is -0.468. The van der Waals surface area contributed by atoms with Crippen LogP contribution in [0.1, 0.15) is 24.8 Å². The van der Waals surface area contributed by atoms with Gasteiger partial charge in [-0.3, -0.25) is 4.79 Å². The van der Waals surface area contributed by atoms with Crippen molar-refractivity contribution in [3.8, 4) is 11.5 Å². The van der Waals surface area contributed by atoms with Crippen LogP contribution in [0.5, 0.6) is 11.5 Å². The number of esters is 1. The van der Waals surface area contributed by atoms with E-state index in [1.807, 2.05) is 18.2 Å². The van der Waals surface area contributed by atoms with Crippen molar-refractivity contribution in [1.29, 1.82) is 0 Å². The van der Waals surface area contributed by atoms with Crippen LogP contribution in [-0.2, 0) is 14.9 Å². The van der Waals surface area contributed by atoms with Crippen LogP contribution in [0.4, 0.5) is 0 Å². The highest BCUT2D eigenvalue weighted by atomic mass is 16.6. The summed E-state index contributed by atoms with van der Waals surface area (Å²) in [4.78, 5) is 12.0. The molecule has 0 radical (unpaired) electrons. The molecule has 3 rings (SSSR count). The van der Waals surface area contributed by atoms with E-state index in [9.17, 15) is 4.79 Å². The molecule has 1 saturated carbocycles. The van der Waals surface area contributed by atoms with E-state index in [-0.39, 0.29) is 5.97 Å². The molecule has 1 aromatic rings. The molecule has 1 heterocycles. The molecule has 0 aromatic heterocycles. The summed E-state index contributed by atoms with van der Waals surface area (Å²) in [6.45, 7) is 1.14. The average Bonchev–Trinajstić information content (AvgIpc) is 2.37. The highest BCUT2D eigenvalue weighted by molar-refractivity contribution is 5.84. The van der Waals surface area contributed by atoms with E-state index in [2.05, 4.69) is 0 Å². The summed E-state index contributed by atoms with van der Waals surface area (Å²) in [5.74, 6) is 1.34. The van der Waals surface area contributed by atoms with Gasteiger partial charge in [-0.1, -0.05) is 12.5 Å². The SMILES string of the molecule is COC(=O)C1(c2ccc3c(c2)OCCO3)CCC1. The molecule has 0 spiro atoms. The molecule has 1 aliphatic heterocycles. The summed E-state index contributed by atoms with van der Waals surface area (Å²) in [7, 11) is 1.44. The van der Waals surface area contributed by atoms with Gasteiger partial charge >= 0.3 is 5.97 Å². The molecular formula is C14H16O4. The summed E-state index contributed by atoms with van der Waals surface area (Å²) in [6, 6.07) is 5.75. The Kier molecular flexibility index (Phi) is 2.65. The molecule has 0 atom stereocenters. The van der Waals surface area contributed by atoms with Crippen LogP contribution >= 0.6 is 0 Å². The van der Waals surface area contributed by atoms with Crippen LogP contribution < -0.4 is 9.47 Å². The van der Waals surface area contributed by atoms with Gasteiger partial charge in [-0.15, -0.1) is 0 Å². The van der Waals surface area contributed by atoms with Crippen molar-refractivity contribution in [2.24, 2.45) is 0 Å². The molecule has 0 unspecified atom stereocenters. The maximum absolute atomic E-state index is 12.0. The quantitative estimate of drug-likeness (QED) is 0.751. The highest BCUT2D eigenvalue weighted by Crippen LogP contribution is 2.47. The molecule has 4 heteroatoms. The molecule has 0 bridgehead atoms. The Balaban J connectivity index is 1.98. The molecule has 1 aromatic carbocycles. The third-order valence-corrected chi connectivity index (χ3v) is 3.88. The Labute approximate surface area is 106 Å². The molecule has 4 nitrogen and oxygen atoms in total. The average molecular weight is 248 g/mol. The number of benzene rings is 1. The summed E-state index contributed by atoms with van der Waals surface area (Å²) in [5.41, 5.74) is 0.509. The van der Waals surface area contributed by atoms with Crippen molar-refractivity contribution in [3.63, 3.8) is 0 Å². The fourth-order valence-corrected chi connectivity index (χ4v) is 2.68. The van der Waals surface area contributed by atoms with Gasteiger partial charge in [0.1, 0.15) is 13.2 Å². The number of ether oxygens (including phenoxy) is 3. The van der Waals surface area contributed by atoms with E-state index in [1.54, 1.807) is 0 Å². The van der Waals surface area contributed by atoms with Gasteiger partial charge in [0.25, 0.3) is 0 Å². The molecule has 1 fully saturated rings. The normalized spacial score (nSPS) is 19.8. The van der Waals surface area contributed by atoms with Crippen LogP contribution in [0.2, 0.25) is 0 Å². The van der Waals surface area contributed by atoms with E-state index in [1.165, 1.54) is 7.11 Å². The Morgan fingerprint density at radius 2 is 1.94 bits per heavy atom. The first kappa shape index (κ1) is 11.4. The molecular weight excluding hydrogens is 232 g/mol. The van der Waals surface area contributed by atoms with Crippen molar-refractivity contribution in [1.82, 2.24) is 0 Å². The van der Waals surface area contributed by atoms with E-state index >= 15 is 0 Å².